The fourth-order valence-corrected chi connectivity index (χ4v) is 2.53. The van der Waals surface area contributed by atoms with Gasteiger partial charge in [-0.25, -0.2) is 4.98 Å². The normalized spacial score (nSPS) is 12.2. The van der Waals surface area contributed by atoms with E-state index in [0.717, 1.165) is 33.7 Å². The maximum absolute atomic E-state index is 5.82. The zero-order valence-electron chi connectivity index (χ0n) is 14.2. The van der Waals surface area contributed by atoms with E-state index in [-0.39, 0.29) is 6.04 Å². The molecule has 0 aliphatic rings. The van der Waals surface area contributed by atoms with E-state index in [1.54, 1.807) is 0 Å². The van der Waals surface area contributed by atoms with Crippen LogP contribution in [0.4, 0.5) is 0 Å². The molecule has 0 saturated heterocycles. The maximum atomic E-state index is 5.82. The summed E-state index contributed by atoms with van der Waals surface area (Å²) in [5.41, 5.74) is 4.19. The van der Waals surface area contributed by atoms with E-state index in [1.165, 1.54) is 0 Å². The third-order valence-corrected chi connectivity index (χ3v) is 3.86. The summed E-state index contributed by atoms with van der Waals surface area (Å²) in [7, 11) is 0. The molecule has 1 heterocycles. The summed E-state index contributed by atoms with van der Waals surface area (Å²) in [6, 6.07) is 16.3. The topological polar surface area (TPSA) is 49.9 Å². The van der Waals surface area contributed by atoms with Crippen molar-refractivity contribution in [3.63, 3.8) is 0 Å². The largest absolute Gasteiger partial charge is 0.489 e. The second-order valence-electron chi connectivity index (χ2n) is 6.10. The monoisotopic (exact) mass is 321 g/mol. The lowest BCUT2D eigenvalue weighted by molar-refractivity contribution is 0.346. The summed E-state index contributed by atoms with van der Waals surface area (Å²) >= 11 is 0. The van der Waals surface area contributed by atoms with Crippen molar-refractivity contribution in [2.45, 2.75) is 26.4 Å². The lowest BCUT2D eigenvalue weighted by atomic mass is 10.2. The van der Waals surface area contributed by atoms with Crippen LogP contribution in [0.2, 0.25) is 0 Å². The Kier molecular flexibility index (Phi) is 4.96. The van der Waals surface area contributed by atoms with Gasteiger partial charge < -0.3 is 15.0 Å². The predicted molar refractivity (Wildman–Crippen MR) is 98.1 cm³/mol. The van der Waals surface area contributed by atoms with Crippen LogP contribution in [0, 0.1) is 0 Å². The number of benzene rings is 2. The number of aromatic amines is 1. The van der Waals surface area contributed by atoms with Crippen LogP contribution in [0.3, 0.4) is 0 Å². The van der Waals surface area contributed by atoms with Gasteiger partial charge in [0, 0.05) is 12.1 Å². The van der Waals surface area contributed by atoms with Crippen LogP contribution < -0.4 is 10.1 Å². The average molecular weight is 321 g/mol. The number of hydrogen-bond acceptors (Lipinski definition) is 3. The summed E-state index contributed by atoms with van der Waals surface area (Å²) < 4.78 is 5.82. The van der Waals surface area contributed by atoms with Gasteiger partial charge in [0.1, 0.15) is 18.2 Å². The lowest BCUT2D eigenvalue weighted by Crippen LogP contribution is -2.19. The van der Waals surface area contributed by atoms with Crippen molar-refractivity contribution in [2.24, 2.45) is 0 Å². The summed E-state index contributed by atoms with van der Waals surface area (Å²) in [6.45, 7) is 9.20. The van der Waals surface area contributed by atoms with Gasteiger partial charge in [-0.15, -0.1) is 0 Å². The molecule has 0 unspecified atom stereocenters. The van der Waals surface area contributed by atoms with Gasteiger partial charge >= 0.3 is 0 Å². The Bertz CT molecular complexity index is 805. The zero-order valence-corrected chi connectivity index (χ0v) is 14.2. The Morgan fingerprint density at radius 2 is 1.96 bits per heavy atom. The minimum atomic E-state index is 0.117. The fourth-order valence-electron chi connectivity index (χ4n) is 2.53. The Labute approximate surface area is 142 Å². The number of H-pyrrole nitrogens is 1. The molecule has 4 heteroatoms. The smallest absolute Gasteiger partial charge is 0.124 e. The third kappa shape index (κ3) is 3.84. The number of rotatable bonds is 7. The molecule has 1 aromatic heterocycles. The summed E-state index contributed by atoms with van der Waals surface area (Å²) in [5.74, 6) is 1.83. The molecule has 124 valence electrons. The molecule has 0 radical (unpaired) electrons. The summed E-state index contributed by atoms with van der Waals surface area (Å²) in [6.07, 6.45) is 0. The Hall–Kier alpha value is -2.59. The highest BCUT2D eigenvalue weighted by Crippen LogP contribution is 2.20. The number of imidazole rings is 1. The Morgan fingerprint density at radius 3 is 2.75 bits per heavy atom. The molecular formula is C20H23N3O. The van der Waals surface area contributed by atoms with E-state index in [9.17, 15) is 0 Å². The molecule has 0 saturated carbocycles. The summed E-state index contributed by atoms with van der Waals surface area (Å²) in [4.78, 5) is 8.02. The highest BCUT2D eigenvalue weighted by molar-refractivity contribution is 5.74. The van der Waals surface area contributed by atoms with Crippen LogP contribution in [-0.4, -0.2) is 16.6 Å². The van der Waals surface area contributed by atoms with Crippen molar-refractivity contribution in [2.75, 3.05) is 6.61 Å². The van der Waals surface area contributed by atoms with Gasteiger partial charge in [-0.3, -0.25) is 0 Å². The number of fused-ring (bicyclic) bond motifs is 1. The molecule has 24 heavy (non-hydrogen) atoms. The van der Waals surface area contributed by atoms with E-state index in [1.807, 2.05) is 49.4 Å². The van der Waals surface area contributed by atoms with Crippen LogP contribution >= 0.6 is 0 Å². The molecule has 3 rings (SSSR count). The number of para-hydroxylation sites is 3. The van der Waals surface area contributed by atoms with Gasteiger partial charge in [0.25, 0.3) is 0 Å². The fraction of sp³-hybridized carbons (Fsp3) is 0.250. The average Bonchev–Trinajstić information content (AvgIpc) is 3.02. The van der Waals surface area contributed by atoms with Gasteiger partial charge in [-0.05, 0) is 37.6 Å². The predicted octanol–water partition coefficient (Wildman–Crippen LogP) is 4.37. The first-order valence-electron chi connectivity index (χ1n) is 8.16. The number of aromatic nitrogens is 2. The van der Waals surface area contributed by atoms with E-state index in [0.29, 0.717) is 13.2 Å². The van der Waals surface area contributed by atoms with Gasteiger partial charge in [0.05, 0.1) is 17.1 Å². The minimum absolute atomic E-state index is 0.117. The van der Waals surface area contributed by atoms with Crippen LogP contribution in [0.15, 0.2) is 60.7 Å². The zero-order chi connectivity index (χ0) is 16.9. The van der Waals surface area contributed by atoms with E-state index < -0.39 is 0 Å². The van der Waals surface area contributed by atoms with E-state index >= 15 is 0 Å². The minimum Gasteiger partial charge on any atom is -0.489 e. The molecular weight excluding hydrogens is 298 g/mol. The second kappa shape index (κ2) is 7.32. The van der Waals surface area contributed by atoms with Gasteiger partial charge in [0.15, 0.2) is 0 Å². The number of ether oxygens (including phenoxy) is 1. The van der Waals surface area contributed by atoms with Crippen molar-refractivity contribution < 1.29 is 4.74 Å². The van der Waals surface area contributed by atoms with Crippen LogP contribution in [0.25, 0.3) is 11.0 Å². The van der Waals surface area contributed by atoms with Crippen LogP contribution in [0.1, 0.15) is 31.3 Å². The summed E-state index contributed by atoms with van der Waals surface area (Å²) in [5, 5.41) is 3.51. The molecule has 0 amide bonds. The standard InChI is InChI=1S/C20H23N3O/c1-14(2)13-24-19-11-7-4-8-16(19)12-21-15(3)20-22-17-9-5-6-10-18(17)23-20/h4-11,15,21H,1,12-13H2,2-3H3,(H,22,23)/t15-/m1/s1. The van der Waals surface area contributed by atoms with Gasteiger partial charge in [0.2, 0.25) is 0 Å². The molecule has 0 bridgehead atoms. The van der Waals surface area contributed by atoms with Gasteiger partial charge in [-0.1, -0.05) is 36.9 Å². The molecule has 0 fully saturated rings. The molecule has 2 aromatic carbocycles. The first kappa shape index (κ1) is 16.3. The van der Waals surface area contributed by atoms with E-state index in [4.69, 9.17) is 4.74 Å². The van der Waals surface area contributed by atoms with Crippen molar-refractivity contribution >= 4 is 11.0 Å². The van der Waals surface area contributed by atoms with Crippen molar-refractivity contribution in [3.8, 4) is 5.75 Å². The first-order chi connectivity index (χ1) is 11.6. The maximum Gasteiger partial charge on any atom is 0.124 e. The van der Waals surface area contributed by atoms with Crippen molar-refractivity contribution in [3.05, 3.63) is 72.1 Å². The van der Waals surface area contributed by atoms with Crippen molar-refractivity contribution in [1.29, 1.82) is 0 Å². The molecule has 4 nitrogen and oxygen atoms in total. The first-order valence-corrected chi connectivity index (χ1v) is 8.16. The van der Waals surface area contributed by atoms with E-state index in [2.05, 4.69) is 34.9 Å². The number of hydrogen-bond donors (Lipinski definition) is 2. The number of nitrogens with zero attached hydrogens (tertiary/aromatic N) is 1. The molecule has 0 spiro atoms. The quantitative estimate of drug-likeness (QED) is 0.635. The molecule has 3 aromatic rings. The highest BCUT2D eigenvalue weighted by Gasteiger charge is 2.11. The molecule has 0 aliphatic carbocycles. The lowest BCUT2D eigenvalue weighted by Gasteiger charge is -2.15. The van der Waals surface area contributed by atoms with Gasteiger partial charge in [-0.2, -0.15) is 0 Å². The van der Waals surface area contributed by atoms with Crippen LogP contribution in [0.5, 0.6) is 5.75 Å². The Morgan fingerprint density at radius 1 is 1.21 bits per heavy atom. The number of nitrogens with one attached hydrogen (secondary N) is 2. The second-order valence-corrected chi connectivity index (χ2v) is 6.10. The Balaban J connectivity index is 1.67. The highest BCUT2D eigenvalue weighted by atomic mass is 16.5. The molecule has 2 N–H and O–H groups in total. The molecule has 0 aliphatic heterocycles. The van der Waals surface area contributed by atoms with Crippen LogP contribution in [-0.2, 0) is 6.54 Å². The SMILES string of the molecule is C=C(C)COc1ccccc1CN[C@H](C)c1nc2ccccc2[nH]1. The molecule has 1 atom stereocenters. The van der Waals surface area contributed by atoms with Crippen molar-refractivity contribution in [1.82, 2.24) is 15.3 Å². The third-order valence-electron chi connectivity index (χ3n) is 3.86.